The van der Waals surface area contributed by atoms with Crippen molar-refractivity contribution in [2.75, 3.05) is 50.1 Å². The molecule has 1 amide bonds. The molecule has 3 saturated heterocycles. The molecule has 3 aromatic heterocycles. The maximum atomic E-state index is 13.3. The van der Waals surface area contributed by atoms with Crippen LogP contribution in [0.4, 0.5) is 17.6 Å². The minimum Gasteiger partial charge on any atom is -0.383 e. The third kappa shape index (κ3) is 5.10. The minimum absolute atomic E-state index is 0.0506. The lowest BCUT2D eigenvalue weighted by molar-refractivity contribution is 0.0630. The van der Waals surface area contributed by atoms with Gasteiger partial charge in [-0.25, -0.2) is 15.0 Å². The summed E-state index contributed by atoms with van der Waals surface area (Å²) >= 11 is 1.57. The van der Waals surface area contributed by atoms with Gasteiger partial charge in [0.1, 0.15) is 16.6 Å². The van der Waals surface area contributed by atoms with Gasteiger partial charge in [0.15, 0.2) is 0 Å². The van der Waals surface area contributed by atoms with E-state index in [1.54, 1.807) is 18.4 Å². The smallest absolute Gasteiger partial charge is 0.254 e. The Balaban J connectivity index is 1.09. The number of hydrogen-bond acceptors (Lipinski definition) is 10. The Morgan fingerprint density at radius 3 is 2.83 bits per heavy atom. The summed E-state index contributed by atoms with van der Waals surface area (Å²) in [6.45, 7) is 8.73. The molecule has 0 spiro atoms. The zero-order valence-corrected chi connectivity index (χ0v) is 25.1. The van der Waals surface area contributed by atoms with Crippen molar-refractivity contribution in [3.8, 4) is 10.6 Å². The van der Waals surface area contributed by atoms with Gasteiger partial charge in [-0.1, -0.05) is 19.1 Å². The fraction of sp³-hybridized carbons (Fsp3) is 0.452. The number of fused-ring (bicyclic) bond motifs is 3. The van der Waals surface area contributed by atoms with Crippen LogP contribution in [0.2, 0.25) is 0 Å². The van der Waals surface area contributed by atoms with Crippen LogP contribution in [-0.2, 0) is 4.74 Å². The van der Waals surface area contributed by atoms with Gasteiger partial charge in [-0.05, 0) is 44.9 Å². The van der Waals surface area contributed by atoms with E-state index in [9.17, 15) is 4.79 Å². The van der Waals surface area contributed by atoms with Crippen molar-refractivity contribution in [2.24, 2.45) is 0 Å². The molecule has 2 bridgehead atoms. The minimum atomic E-state index is 0.0506. The van der Waals surface area contributed by atoms with E-state index in [1.807, 2.05) is 54.4 Å². The number of ether oxygens (including phenoxy) is 1. The van der Waals surface area contributed by atoms with E-state index in [2.05, 4.69) is 27.0 Å². The summed E-state index contributed by atoms with van der Waals surface area (Å²) in [6.07, 6.45) is 5.02. The number of carbonyl (C=O) groups excluding carboxylic acids is 1. The van der Waals surface area contributed by atoms with E-state index in [1.165, 1.54) is 6.42 Å². The molecular formula is C31H36N8O2S. The highest BCUT2D eigenvalue weighted by molar-refractivity contribution is 7.21. The zero-order chi connectivity index (χ0) is 28.8. The second-order valence-electron chi connectivity index (χ2n) is 11.5. The molecule has 11 heteroatoms. The number of aryl methyl sites for hydroxylation is 1. The van der Waals surface area contributed by atoms with Crippen molar-refractivity contribution in [2.45, 2.75) is 51.2 Å². The third-order valence-electron chi connectivity index (χ3n) is 8.74. The zero-order valence-electron chi connectivity index (χ0n) is 24.3. The number of pyridine rings is 1. The maximum Gasteiger partial charge on any atom is 0.254 e. The Bertz CT molecular complexity index is 1630. The number of piperazine rings is 1. The monoisotopic (exact) mass is 584 g/mol. The molecule has 42 heavy (non-hydrogen) atoms. The summed E-state index contributed by atoms with van der Waals surface area (Å²) in [6, 6.07) is 12.9. The van der Waals surface area contributed by atoms with Crippen molar-refractivity contribution in [3.05, 3.63) is 53.9 Å². The molecule has 7 rings (SSSR count). The van der Waals surface area contributed by atoms with E-state index < -0.39 is 0 Å². The van der Waals surface area contributed by atoms with Gasteiger partial charge in [0.05, 0.1) is 22.9 Å². The summed E-state index contributed by atoms with van der Waals surface area (Å²) in [5.41, 5.74) is 3.38. The Morgan fingerprint density at radius 2 is 2.02 bits per heavy atom. The average Bonchev–Trinajstić information content (AvgIpc) is 3.80. The van der Waals surface area contributed by atoms with Crippen LogP contribution >= 0.6 is 11.3 Å². The van der Waals surface area contributed by atoms with Crippen LogP contribution in [0.15, 0.2) is 42.6 Å². The average molecular weight is 585 g/mol. The third-order valence-corrected chi connectivity index (χ3v) is 9.80. The number of amides is 1. The van der Waals surface area contributed by atoms with Crippen molar-refractivity contribution >= 4 is 45.0 Å². The summed E-state index contributed by atoms with van der Waals surface area (Å²) in [5, 5.41) is 4.25. The molecule has 3 atom stereocenters. The largest absolute Gasteiger partial charge is 0.383 e. The number of hydrogen-bond donors (Lipinski definition) is 1. The molecule has 0 unspecified atom stereocenters. The topological polar surface area (TPSA) is 99.6 Å². The second-order valence-corrected chi connectivity index (χ2v) is 12.5. The number of aromatic nitrogens is 4. The normalized spacial score (nSPS) is 22.0. The van der Waals surface area contributed by atoms with E-state index in [0.717, 1.165) is 77.3 Å². The first kappa shape index (κ1) is 27.2. The van der Waals surface area contributed by atoms with Crippen molar-refractivity contribution in [1.29, 1.82) is 0 Å². The number of likely N-dealkylation sites (N-methyl/N-ethyl adjacent to an activating group) is 1. The number of anilines is 3. The van der Waals surface area contributed by atoms with E-state index >= 15 is 0 Å². The van der Waals surface area contributed by atoms with Crippen LogP contribution in [0.3, 0.4) is 0 Å². The number of nitrogens with one attached hydrogen (secondary N) is 1. The molecule has 1 N–H and O–H groups in total. The van der Waals surface area contributed by atoms with Crippen LogP contribution in [-0.4, -0.2) is 93.7 Å². The molecule has 0 saturated carbocycles. The van der Waals surface area contributed by atoms with Gasteiger partial charge in [0.25, 0.3) is 5.91 Å². The molecule has 0 radical (unpaired) electrons. The fourth-order valence-electron chi connectivity index (χ4n) is 6.70. The quantitative estimate of drug-likeness (QED) is 0.315. The Morgan fingerprint density at radius 1 is 1.12 bits per heavy atom. The van der Waals surface area contributed by atoms with E-state index in [0.29, 0.717) is 30.1 Å². The number of carbonyl (C=O) groups is 1. The lowest BCUT2D eigenvalue weighted by atomic mass is 10.1. The second kappa shape index (κ2) is 11.2. The number of likely N-dealkylation sites (tertiary alicyclic amines) is 2. The summed E-state index contributed by atoms with van der Waals surface area (Å²) < 4.78 is 6.33. The Labute approximate surface area is 249 Å². The van der Waals surface area contributed by atoms with Gasteiger partial charge in [-0.3, -0.25) is 9.69 Å². The van der Waals surface area contributed by atoms with Gasteiger partial charge >= 0.3 is 0 Å². The molecule has 6 heterocycles. The van der Waals surface area contributed by atoms with Crippen LogP contribution < -0.4 is 10.2 Å². The summed E-state index contributed by atoms with van der Waals surface area (Å²) in [7, 11) is 1.69. The lowest BCUT2D eigenvalue weighted by Gasteiger charge is -2.33. The van der Waals surface area contributed by atoms with Crippen molar-refractivity contribution in [1.82, 2.24) is 29.7 Å². The number of benzene rings is 1. The standard InChI is InChI=1S/C31H36N8O2S/c1-4-37-16-24-13-23(37)17-39(24)31-33-19(2)11-28(36-31)35-27-14-25-26(15-32-27)42-29(34-25)20-7-5-8-21(12-20)30(40)38-10-6-9-22(38)18-41-3/h5,7-8,11-12,14-15,22-24H,4,6,9-10,13,16-18H2,1-3H3,(H,32,33,35,36)/t22-,23+,24+/m1/s1. The molecule has 218 valence electrons. The van der Waals surface area contributed by atoms with Crippen LogP contribution in [0.25, 0.3) is 20.8 Å². The molecular weight excluding hydrogens is 548 g/mol. The first-order chi connectivity index (χ1) is 20.5. The number of rotatable bonds is 8. The molecule has 1 aromatic carbocycles. The van der Waals surface area contributed by atoms with Crippen LogP contribution in [0.5, 0.6) is 0 Å². The molecule has 10 nitrogen and oxygen atoms in total. The molecule has 0 aliphatic carbocycles. The highest BCUT2D eigenvalue weighted by Crippen LogP contribution is 2.35. The van der Waals surface area contributed by atoms with E-state index in [4.69, 9.17) is 19.7 Å². The van der Waals surface area contributed by atoms with E-state index in [-0.39, 0.29) is 11.9 Å². The van der Waals surface area contributed by atoms with Crippen molar-refractivity contribution < 1.29 is 9.53 Å². The van der Waals surface area contributed by atoms with Gasteiger partial charge in [0, 0.05) is 74.0 Å². The lowest BCUT2D eigenvalue weighted by Crippen LogP contribution is -2.46. The number of methoxy groups -OCH3 is 1. The first-order valence-corrected chi connectivity index (χ1v) is 15.6. The predicted octanol–water partition coefficient (Wildman–Crippen LogP) is 4.73. The highest BCUT2D eigenvalue weighted by Gasteiger charge is 2.43. The molecule has 3 aliphatic rings. The van der Waals surface area contributed by atoms with Gasteiger partial charge in [-0.2, -0.15) is 4.98 Å². The number of nitrogens with zero attached hydrogens (tertiary/aromatic N) is 7. The van der Waals surface area contributed by atoms with Gasteiger partial charge in [0.2, 0.25) is 5.95 Å². The molecule has 4 aromatic rings. The summed E-state index contributed by atoms with van der Waals surface area (Å²) in [4.78, 5) is 39.4. The van der Waals surface area contributed by atoms with Gasteiger partial charge in [-0.15, -0.1) is 11.3 Å². The summed E-state index contributed by atoms with van der Waals surface area (Å²) in [5.74, 6) is 2.25. The Hall–Kier alpha value is -3.67. The van der Waals surface area contributed by atoms with Crippen molar-refractivity contribution in [3.63, 3.8) is 0 Å². The highest BCUT2D eigenvalue weighted by atomic mass is 32.1. The van der Waals surface area contributed by atoms with Crippen LogP contribution in [0, 0.1) is 6.92 Å². The van der Waals surface area contributed by atoms with Gasteiger partial charge < -0.3 is 19.9 Å². The SMILES string of the molecule is CCN1C[C@@H]2C[C@H]1CN2c1nc(C)cc(Nc2cc3nc(-c4cccc(C(=O)N5CCC[C@@H]5COC)c4)sc3cn2)n1. The molecule has 3 fully saturated rings. The number of thiazole rings is 1. The fourth-order valence-corrected chi connectivity index (χ4v) is 7.62. The van der Waals surface area contributed by atoms with Crippen LogP contribution in [0.1, 0.15) is 42.2 Å². The first-order valence-electron chi connectivity index (χ1n) is 14.8. The maximum absolute atomic E-state index is 13.3. The predicted molar refractivity (Wildman–Crippen MR) is 166 cm³/mol. The Kier molecular flexibility index (Phi) is 7.25. The molecule has 3 aliphatic heterocycles.